The molecular formula is C23H15ClN4O. The number of H-pyrrole nitrogens is 1. The van der Waals surface area contributed by atoms with E-state index in [0.717, 1.165) is 38.3 Å². The fourth-order valence-corrected chi connectivity index (χ4v) is 3.53. The van der Waals surface area contributed by atoms with Crippen LogP contribution in [-0.2, 0) is 0 Å². The van der Waals surface area contributed by atoms with E-state index in [1.54, 1.807) is 18.5 Å². The maximum atomic E-state index is 10.3. The molecule has 5 rings (SSSR count). The summed E-state index contributed by atoms with van der Waals surface area (Å²) in [6, 6.07) is 15.3. The van der Waals surface area contributed by atoms with Crippen molar-refractivity contribution in [3.05, 3.63) is 93.6 Å². The zero-order valence-electron chi connectivity index (χ0n) is 15.2. The lowest BCUT2D eigenvalue weighted by Crippen LogP contribution is -2.08. The van der Waals surface area contributed by atoms with Crippen LogP contribution < -0.4 is 10.4 Å². The Balaban J connectivity index is 1.57. The first kappa shape index (κ1) is 17.4. The van der Waals surface area contributed by atoms with Crippen molar-refractivity contribution in [2.45, 2.75) is 0 Å². The number of rotatable bonds is 3. The van der Waals surface area contributed by atoms with E-state index in [1.165, 1.54) is 0 Å². The van der Waals surface area contributed by atoms with Crippen molar-refractivity contribution in [2.24, 2.45) is 10.2 Å². The third-order valence-electron chi connectivity index (χ3n) is 4.79. The second kappa shape index (κ2) is 7.04. The molecule has 0 fully saturated rings. The molecule has 3 heterocycles. The molecule has 1 aliphatic rings. The minimum Gasteiger partial charge on any atom is -0.494 e. The zero-order valence-corrected chi connectivity index (χ0v) is 15.9. The zero-order chi connectivity index (χ0) is 19.8. The maximum Gasteiger partial charge on any atom is 0.196 e. The molecule has 1 aliphatic heterocycles. The molecule has 2 N–H and O–H groups in total. The summed E-state index contributed by atoms with van der Waals surface area (Å²) in [6.07, 6.45) is 9.35. The van der Waals surface area contributed by atoms with Gasteiger partial charge in [0.05, 0.1) is 11.4 Å². The molecule has 0 bridgehead atoms. The molecule has 0 aliphatic carbocycles. The number of aromatic hydroxyl groups is 1. The van der Waals surface area contributed by atoms with Crippen molar-refractivity contribution in [3.8, 4) is 5.88 Å². The first-order valence-corrected chi connectivity index (χ1v) is 9.41. The van der Waals surface area contributed by atoms with E-state index < -0.39 is 0 Å². The largest absolute Gasteiger partial charge is 0.494 e. The van der Waals surface area contributed by atoms with E-state index in [2.05, 4.69) is 20.2 Å². The first-order valence-electron chi connectivity index (χ1n) is 9.03. The van der Waals surface area contributed by atoms with Crippen LogP contribution in [0, 0.1) is 0 Å². The van der Waals surface area contributed by atoms with E-state index in [4.69, 9.17) is 11.6 Å². The number of azo groups is 1. The maximum absolute atomic E-state index is 10.3. The molecule has 0 atom stereocenters. The molecule has 2 aromatic heterocycles. The Morgan fingerprint density at radius 1 is 0.931 bits per heavy atom. The summed E-state index contributed by atoms with van der Waals surface area (Å²) in [5.41, 5.74) is 4.18. The highest BCUT2D eigenvalue weighted by atomic mass is 35.5. The summed E-state index contributed by atoms with van der Waals surface area (Å²) in [6.45, 7) is 0. The summed E-state index contributed by atoms with van der Waals surface area (Å²) in [7, 11) is 0. The van der Waals surface area contributed by atoms with Crippen molar-refractivity contribution in [3.63, 3.8) is 0 Å². The van der Waals surface area contributed by atoms with Crippen LogP contribution in [0.15, 0.2) is 77.2 Å². The average Bonchev–Trinajstić information content (AvgIpc) is 3.28. The lowest BCUT2D eigenvalue weighted by molar-refractivity contribution is 0.457. The summed E-state index contributed by atoms with van der Waals surface area (Å²) >= 11 is 6.12. The van der Waals surface area contributed by atoms with Crippen LogP contribution in [0.3, 0.4) is 0 Å². The number of pyridine rings is 1. The SMILES string of the molecule is Oc1[nH]c2ccc(Cl)cc2c1C=c1ccc2c(c1)N=NC=2C=Cc1ccncc1. The van der Waals surface area contributed by atoms with Gasteiger partial charge in [0, 0.05) is 39.1 Å². The Morgan fingerprint density at radius 3 is 2.66 bits per heavy atom. The van der Waals surface area contributed by atoms with Gasteiger partial charge in [-0.3, -0.25) is 4.98 Å². The van der Waals surface area contributed by atoms with Crippen molar-refractivity contribution >= 4 is 46.0 Å². The van der Waals surface area contributed by atoms with Crippen LogP contribution in [0.1, 0.15) is 11.1 Å². The molecule has 4 aromatic rings. The van der Waals surface area contributed by atoms with Gasteiger partial charge in [0.15, 0.2) is 5.88 Å². The molecule has 29 heavy (non-hydrogen) atoms. The molecule has 140 valence electrons. The molecule has 0 amide bonds. The van der Waals surface area contributed by atoms with Gasteiger partial charge in [-0.25, -0.2) is 0 Å². The van der Waals surface area contributed by atoms with Crippen LogP contribution in [0.5, 0.6) is 5.88 Å². The van der Waals surface area contributed by atoms with Crippen LogP contribution in [-0.4, -0.2) is 15.1 Å². The third kappa shape index (κ3) is 3.32. The average molecular weight is 399 g/mol. The fourth-order valence-electron chi connectivity index (χ4n) is 3.36. The Labute approximate surface area is 171 Å². The standard InChI is InChI=1S/C23H15ClN4O/c24-16-3-6-20-18(13-16)19(23(29)26-20)11-15-1-4-17-21(27-28-22(17)12-15)5-2-14-7-9-25-10-8-14/h1-13,26,29H. The van der Waals surface area contributed by atoms with Gasteiger partial charge >= 0.3 is 0 Å². The Bertz CT molecular complexity index is 1420. The smallest absolute Gasteiger partial charge is 0.196 e. The quantitative estimate of drug-likeness (QED) is 0.526. The minimum absolute atomic E-state index is 0.108. The minimum atomic E-state index is 0.108. The van der Waals surface area contributed by atoms with E-state index in [0.29, 0.717) is 10.6 Å². The number of nitrogens with zero attached hydrogens (tertiary/aromatic N) is 3. The third-order valence-corrected chi connectivity index (χ3v) is 5.03. The number of fused-ring (bicyclic) bond motifs is 2. The first-order chi connectivity index (χ1) is 14.2. The molecule has 0 unspecified atom stereocenters. The monoisotopic (exact) mass is 398 g/mol. The lowest BCUT2D eigenvalue weighted by Gasteiger charge is -1.95. The highest BCUT2D eigenvalue weighted by molar-refractivity contribution is 6.31. The number of aromatic amines is 1. The summed E-state index contributed by atoms with van der Waals surface area (Å²) < 4.78 is 0. The Morgan fingerprint density at radius 2 is 1.79 bits per heavy atom. The molecule has 2 aromatic carbocycles. The van der Waals surface area contributed by atoms with E-state index in [-0.39, 0.29) is 5.88 Å². The lowest BCUT2D eigenvalue weighted by atomic mass is 10.1. The van der Waals surface area contributed by atoms with Crippen molar-refractivity contribution in [1.29, 1.82) is 0 Å². The van der Waals surface area contributed by atoms with Gasteiger partial charge < -0.3 is 10.1 Å². The molecular weight excluding hydrogens is 384 g/mol. The number of hydrogen-bond acceptors (Lipinski definition) is 4. The van der Waals surface area contributed by atoms with Gasteiger partial charge in [-0.05, 0) is 65.4 Å². The van der Waals surface area contributed by atoms with Gasteiger partial charge in [-0.2, -0.15) is 0 Å². The topological polar surface area (TPSA) is 73.6 Å². The number of halogens is 1. The summed E-state index contributed by atoms with van der Waals surface area (Å²) in [4.78, 5) is 6.99. The van der Waals surface area contributed by atoms with Crippen LogP contribution >= 0.6 is 11.6 Å². The molecule has 6 heteroatoms. The van der Waals surface area contributed by atoms with E-state index in [9.17, 15) is 5.11 Å². The normalized spacial score (nSPS) is 13.7. The highest BCUT2D eigenvalue weighted by Gasteiger charge is 2.10. The second-order valence-corrected chi connectivity index (χ2v) is 7.13. The molecule has 0 radical (unpaired) electrons. The molecule has 0 saturated heterocycles. The van der Waals surface area contributed by atoms with Crippen LogP contribution in [0.2, 0.25) is 5.02 Å². The fraction of sp³-hybridized carbons (Fsp3) is 0. The number of aromatic nitrogens is 2. The predicted octanol–water partition coefficient (Wildman–Crippen LogP) is 4.67. The second-order valence-electron chi connectivity index (χ2n) is 6.70. The van der Waals surface area contributed by atoms with E-state index in [1.807, 2.05) is 60.7 Å². The Hall–Kier alpha value is -3.70. The van der Waals surface area contributed by atoms with Crippen LogP contribution in [0.25, 0.3) is 28.8 Å². The van der Waals surface area contributed by atoms with Gasteiger partial charge in [0.2, 0.25) is 0 Å². The summed E-state index contributed by atoms with van der Waals surface area (Å²) in [5, 5.41) is 22.3. The Kier molecular flexibility index (Phi) is 4.22. The van der Waals surface area contributed by atoms with Crippen molar-refractivity contribution in [1.82, 2.24) is 9.97 Å². The molecule has 0 spiro atoms. The van der Waals surface area contributed by atoms with Gasteiger partial charge in [0.25, 0.3) is 0 Å². The van der Waals surface area contributed by atoms with Gasteiger partial charge in [-0.1, -0.05) is 23.7 Å². The number of nitrogens with one attached hydrogen (secondary N) is 1. The number of hydrogen-bond donors (Lipinski definition) is 2. The molecule has 0 saturated carbocycles. The summed E-state index contributed by atoms with van der Waals surface area (Å²) in [5.74, 6) is 0.108. The van der Waals surface area contributed by atoms with Crippen molar-refractivity contribution in [2.75, 3.05) is 0 Å². The van der Waals surface area contributed by atoms with Gasteiger partial charge in [0.1, 0.15) is 0 Å². The molecule has 5 nitrogen and oxygen atoms in total. The number of benzene rings is 2. The van der Waals surface area contributed by atoms with Crippen molar-refractivity contribution < 1.29 is 5.11 Å². The predicted molar refractivity (Wildman–Crippen MR) is 115 cm³/mol. The van der Waals surface area contributed by atoms with Gasteiger partial charge in [-0.15, -0.1) is 10.2 Å². The van der Waals surface area contributed by atoms with Crippen LogP contribution in [0.4, 0.5) is 5.69 Å². The highest BCUT2D eigenvalue weighted by Crippen LogP contribution is 2.30. The van der Waals surface area contributed by atoms with E-state index >= 15 is 0 Å².